The van der Waals surface area contributed by atoms with Gasteiger partial charge in [0.05, 0.1) is 61.9 Å². The SMILES string of the molecule is CCCCCCCCCCCCCCCCCCc1ccc2c(OC)c3ccccc3c(OC)c2c1.CCCCCCCCCCCCc1ccc2c(OC)c3ccccc3c(OC)c2c1.COc1c2ccccc2c(OC)c2c(Cl)cccc12.COc1c2ccccc2c(OC)c2cc(Sc3ccccc3)ccc12.c1ccc(COc2ccc3c(OCc4ccccc4)c4ccccc4cc3c2)cc1. The van der Waals surface area contributed by atoms with Crippen molar-refractivity contribution < 1.29 is 47.4 Å². The van der Waals surface area contributed by atoms with Gasteiger partial charge in [-0.25, -0.2) is 0 Å². The van der Waals surface area contributed by atoms with E-state index in [-0.39, 0.29) is 0 Å². The van der Waals surface area contributed by atoms with Gasteiger partial charge in [0.2, 0.25) is 0 Å². The Labute approximate surface area is 840 Å². The molecule has 726 valence electrons. The third-order valence-corrected chi connectivity index (χ3v) is 28.1. The zero-order chi connectivity index (χ0) is 97.4. The molecular weight excluding hydrogens is 1760 g/mol. The summed E-state index contributed by atoms with van der Waals surface area (Å²) in [6, 6.07) is 106. The van der Waals surface area contributed by atoms with Gasteiger partial charge >= 0.3 is 0 Å². The van der Waals surface area contributed by atoms with E-state index in [0.717, 1.165) is 189 Å². The third-order valence-electron chi connectivity index (χ3n) is 26.8. The number of fused-ring (bicyclic) bond motifs is 10. The van der Waals surface area contributed by atoms with Crippen molar-refractivity contribution >= 4 is 131 Å². The second-order valence-corrected chi connectivity index (χ2v) is 37.9. The number of rotatable bonds is 44. The van der Waals surface area contributed by atoms with Crippen LogP contribution < -0.4 is 47.4 Å². The molecule has 12 heteroatoms. The second-order valence-electron chi connectivity index (χ2n) is 36.3. The van der Waals surface area contributed by atoms with E-state index in [9.17, 15) is 0 Å². The second kappa shape index (κ2) is 54.7. The molecule has 140 heavy (non-hydrogen) atoms. The number of aryl methyl sites for hydroxylation is 2. The van der Waals surface area contributed by atoms with Crippen molar-refractivity contribution in [3.63, 3.8) is 0 Å². The monoisotopic (exact) mass is 1900 g/mol. The maximum absolute atomic E-state index is 6.35. The van der Waals surface area contributed by atoms with Crippen molar-refractivity contribution in [1.82, 2.24) is 0 Å². The first-order chi connectivity index (χ1) is 69.0. The molecule has 0 aromatic heterocycles. The zero-order valence-corrected chi connectivity index (χ0v) is 85.6. The quantitative estimate of drug-likeness (QED) is 0.0270. The maximum atomic E-state index is 6.35. The zero-order valence-electron chi connectivity index (χ0n) is 84.0. The Morgan fingerprint density at radius 1 is 0.200 bits per heavy atom. The molecule has 0 amide bonds. The number of hydrogen-bond acceptors (Lipinski definition) is 11. The molecule has 0 N–H and O–H groups in total. The Morgan fingerprint density at radius 3 is 0.900 bits per heavy atom. The van der Waals surface area contributed by atoms with E-state index in [1.54, 1.807) is 68.6 Å². The van der Waals surface area contributed by atoms with Gasteiger partial charge in [0.15, 0.2) is 0 Å². The normalized spacial score (nSPS) is 11.1. The molecule has 0 aliphatic carbocycles. The van der Waals surface area contributed by atoms with Gasteiger partial charge in [0.1, 0.15) is 70.7 Å². The highest BCUT2D eigenvalue weighted by atomic mass is 35.5. The van der Waals surface area contributed by atoms with Crippen molar-refractivity contribution in [3.05, 3.63) is 337 Å². The van der Waals surface area contributed by atoms with E-state index in [1.807, 2.05) is 103 Å². The molecule has 0 atom stereocenters. The van der Waals surface area contributed by atoms with Gasteiger partial charge in [-0.15, -0.1) is 0 Å². The lowest BCUT2D eigenvalue weighted by Crippen LogP contribution is -1.98. The minimum atomic E-state index is 0.538. The van der Waals surface area contributed by atoms with Gasteiger partial charge in [-0.2, -0.15) is 0 Å². The van der Waals surface area contributed by atoms with E-state index >= 15 is 0 Å². The minimum absolute atomic E-state index is 0.538. The molecule has 0 aliphatic heterocycles. The number of halogens is 1. The average Bonchev–Trinajstić information content (AvgIpc) is 0.631. The van der Waals surface area contributed by atoms with Crippen molar-refractivity contribution in [2.75, 3.05) is 56.9 Å². The fourth-order valence-electron chi connectivity index (χ4n) is 19.6. The van der Waals surface area contributed by atoms with Crippen LogP contribution in [0.4, 0.5) is 0 Å². The van der Waals surface area contributed by atoms with Gasteiger partial charge in [0.25, 0.3) is 0 Å². The Kier molecular flexibility index (Phi) is 40.3. The van der Waals surface area contributed by atoms with Gasteiger partial charge in [-0.05, 0) is 132 Å². The van der Waals surface area contributed by atoms with Crippen molar-refractivity contribution in [3.8, 4) is 57.5 Å². The fraction of sp³-hybridized carbons (Fsp3) is 0.312. The number of unbranched alkanes of at least 4 members (excludes halogenated alkanes) is 24. The summed E-state index contributed by atoms with van der Waals surface area (Å²) in [6.07, 6.45) is 38.6. The first-order valence-corrected chi connectivity index (χ1v) is 52.1. The lowest BCUT2D eigenvalue weighted by atomic mass is 9.97. The van der Waals surface area contributed by atoms with Crippen LogP contribution in [0.5, 0.6) is 57.5 Å². The molecule has 0 saturated heterocycles. The van der Waals surface area contributed by atoms with E-state index < -0.39 is 0 Å². The summed E-state index contributed by atoms with van der Waals surface area (Å²) >= 11 is 8.08. The van der Waals surface area contributed by atoms with Gasteiger partial charge in [-0.3, -0.25) is 0 Å². The lowest BCUT2D eigenvalue weighted by molar-refractivity contribution is 0.306. The third kappa shape index (κ3) is 26.8. The summed E-state index contributed by atoms with van der Waals surface area (Å²) in [7, 11) is 13.8. The molecular formula is C128H141ClO10S. The van der Waals surface area contributed by atoms with Crippen molar-refractivity contribution in [2.45, 2.75) is 217 Å². The molecule has 10 nitrogen and oxygen atoms in total. The highest BCUT2D eigenvalue weighted by molar-refractivity contribution is 7.99. The van der Waals surface area contributed by atoms with Gasteiger partial charge in [-0.1, -0.05) is 428 Å². The largest absolute Gasteiger partial charge is 0.495 e. The maximum Gasteiger partial charge on any atom is 0.136 e. The van der Waals surface area contributed by atoms with Gasteiger partial charge in [0, 0.05) is 107 Å². The van der Waals surface area contributed by atoms with E-state index in [4.69, 9.17) is 59.0 Å². The van der Waals surface area contributed by atoms with Gasteiger partial charge < -0.3 is 47.4 Å². The molecule has 0 fully saturated rings. The molecule has 0 bridgehead atoms. The van der Waals surface area contributed by atoms with Crippen LogP contribution in [0, 0.1) is 0 Å². The summed E-state index contributed by atoms with van der Waals surface area (Å²) in [6.45, 7) is 5.67. The van der Waals surface area contributed by atoms with Crippen molar-refractivity contribution in [1.29, 1.82) is 0 Å². The topological polar surface area (TPSA) is 92.3 Å². The number of benzene rings is 18. The standard InChI is InChI=1S/C34H50O2.C28H22O2.C28H38O2.C22H18O2S.C16H13ClO2/c1-4-5-6-7-8-9-10-11-12-13-14-15-16-17-18-19-22-28-25-26-31-32(27-28)34(36-3)30-24-21-20-23-29(30)33(31)35-2;1-3-9-21(10-4-1)19-29-25-15-16-27-24(18-25)17-23-13-7-8-14-26(23)28(27)30-20-22-11-5-2-6-12-22;1-4-5-6-7-8-9-10-11-12-13-16-22-19-20-25-26(21-22)28(30-3)24-18-15-14-17-23(24)27(25)29-2;1-23-21-17-10-6-7-11-18(17)22(24-2)20-14-16(12-13-19(20)21)25-15-8-4-3-5-9-15;1-18-15-10-6-3-4-7-11(10)16(19-2)14-12(15)8-5-9-13(14)17/h20-21,23-27H,4-19,22H2,1-3H3;1-18H,19-20H2;14-15,17-21H,4-13,16H2,1-3H3;3-14H,1-2H3;3-9H,1-2H3. The first kappa shape index (κ1) is 103. The fourth-order valence-corrected chi connectivity index (χ4v) is 20.8. The predicted octanol–water partition coefficient (Wildman–Crippen LogP) is 37.3. The predicted molar refractivity (Wildman–Crippen MR) is 596 cm³/mol. The van der Waals surface area contributed by atoms with Crippen LogP contribution in [0.15, 0.2) is 319 Å². The van der Waals surface area contributed by atoms with Crippen LogP contribution in [0.2, 0.25) is 5.02 Å². The summed E-state index contributed by atoms with van der Waals surface area (Å²) in [5.74, 6) is 8.96. The Morgan fingerprint density at radius 2 is 0.500 bits per heavy atom. The van der Waals surface area contributed by atoms with Crippen LogP contribution >= 0.6 is 23.4 Å². The molecule has 18 aromatic carbocycles. The molecule has 0 spiro atoms. The summed E-state index contributed by atoms with van der Waals surface area (Å²) in [5.41, 5.74) is 5.09. The summed E-state index contributed by atoms with van der Waals surface area (Å²) < 4.78 is 58.4. The van der Waals surface area contributed by atoms with Crippen molar-refractivity contribution in [2.24, 2.45) is 0 Å². The highest BCUT2D eigenvalue weighted by Crippen LogP contribution is 2.50. The van der Waals surface area contributed by atoms with E-state index in [2.05, 4.69) is 220 Å². The molecule has 0 heterocycles. The van der Waals surface area contributed by atoms with Crippen LogP contribution in [0.25, 0.3) is 108 Å². The smallest absolute Gasteiger partial charge is 0.136 e. The molecule has 0 aliphatic rings. The molecule has 0 unspecified atom stereocenters. The number of ether oxygens (including phenoxy) is 10. The highest BCUT2D eigenvalue weighted by Gasteiger charge is 2.22. The van der Waals surface area contributed by atoms with E-state index in [1.165, 1.54) is 188 Å². The molecule has 18 rings (SSSR count). The summed E-state index contributed by atoms with van der Waals surface area (Å²) in [4.78, 5) is 2.39. The molecule has 0 radical (unpaired) electrons. The molecule has 0 saturated carbocycles. The lowest BCUT2D eigenvalue weighted by Gasteiger charge is -2.16. The number of methoxy groups -OCH3 is 8. The summed E-state index contributed by atoms with van der Waals surface area (Å²) in [5, 5.41) is 22.3. The van der Waals surface area contributed by atoms with Crippen LogP contribution in [0.1, 0.15) is 203 Å². The van der Waals surface area contributed by atoms with E-state index in [0.29, 0.717) is 18.2 Å². The van der Waals surface area contributed by atoms with Crippen LogP contribution in [-0.4, -0.2) is 56.9 Å². The minimum Gasteiger partial charge on any atom is -0.495 e. The molecule has 18 aromatic rings. The Balaban J connectivity index is 0.000000141. The Bertz CT molecular complexity index is 6970. The first-order valence-electron chi connectivity index (χ1n) is 51.0. The Hall–Kier alpha value is -12.8. The van der Waals surface area contributed by atoms with Crippen LogP contribution in [0.3, 0.4) is 0 Å². The average molecular weight is 1910 g/mol. The van der Waals surface area contributed by atoms with Crippen LogP contribution in [-0.2, 0) is 26.1 Å². The number of hydrogen-bond donors (Lipinski definition) is 0.